The Hall–Kier alpha value is -3.41. The molecule has 15 heteroatoms. The smallest absolute Gasteiger partial charge is 0.329 e. The van der Waals surface area contributed by atoms with Crippen molar-refractivity contribution in [1.29, 1.82) is 0 Å². The first-order chi connectivity index (χ1) is 34.8. The maximum absolute atomic E-state index is 14.6. The summed E-state index contributed by atoms with van der Waals surface area (Å²) in [5.74, 6) is -7.83. The Morgan fingerprint density at radius 1 is 0.808 bits per heavy atom. The number of hydrogen-bond donors (Lipinski definition) is 3. The Balaban J connectivity index is 1.65. The van der Waals surface area contributed by atoms with Gasteiger partial charge in [0, 0.05) is 71.7 Å². The molecule has 0 aromatic rings. The van der Waals surface area contributed by atoms with Crippen LogP contribution in [-0.2, 0) is 52.4 Å². The van der Waals surface area contributed by atoms with E-state index in [-0.39, 0.29) is 67.5 Å². The minimum atomic E-state index is -2.43. The van der Waals surface area contributed by atoms with Gasteiger partial charge < -0.3 is 48.6 Å². The van der Waals surface area contributed by atoms with Crippen molar-refractivity contribution < 1.29 is 67.7 Å². The van der Waals surface area contributed by atoms with E-state index in [0.717, 1.165) is 56.9 Å². The summed E-state index contributed by atoms with van der Waals surface area (Å²) >= 11 is 0. The van der Waals surface area contributed by atoms with E-state index in [9.17, 15) is 34.2 Å². The summed E-state index contributed by atoms with van der Waals surface area (Å²) < 4.78 is 36.3. The van der Waals surface area contributed by atoms with Crippen LogP contribution in [0.1, 0.15) is 158 Å². The van der Waals surface area contributed by atoms with Crippen LogP contribution in [0, 0.1) is 35.5 Å². The molecule has 2 bridgehead atoms. The molecule has 4 rings (SSSR count). The van der Waals surface area contributed by atoms with E-state index < -0.39 is 77.8 Å². The van der Waals surface area contributed by atoms with Crippen LogP contribution in [0.4, 0.5) is 0 Å². The number of unbranched alkanes of at least 4 members (excludes halogenated alkanes) is 4. The third-order valence-corrected chi connectivity index (χ3v) is 16.1. The summed E-state index contributed by atoms with van der Waals surface area (Å²) in [7, 11) is 4.66. The molecule has 73 heavy (non-hydrogen) atoms. The number of amides is 1. The van der Waals surface area contributed by atoms with E-state index in [0.29, 0.717) is 57.1 Å². The standard InChI is InChI=1S/C58H93NO14/c1-37-21-15-14-16-22-38(2)49(68-8)35-45-26-24-43(7)58(67,73-45)55(64)56(65)59-28-18-17-23-46(59)57(66)72-50(36-47(61)39(3)32-42(6)53(63)54(70-10)52(62)41(5)31-37)40(4)33-44-25-27-48(51(34-44)69-9)71-30-20-13-11-12-19-29-60/h14-16,21-22,32,37,39-41,43-46,48-51,53-54,60,63,67H,11-13,17-20,23-31,33-36H2,1-10H3/b16-14+,21-15+,38-22+,42-32+/t37-,39-,40-,41-,43-,44+,45+,46+,48-,49+,50+,51-,53-,54+,58-/m1/s1. The summed E-state index contributed by atoms with van der Waals surface area (Å²) in [4.78, 5) is 72.6. The zero-order valence-electron chi connectivity index (χ0n) is 46.0. The lowest BCUT2D eigenvalue weighted by atomic mass is 9.78. The molecule has 1 amide bonds. The number of carbonyl (C=O) groups is 5. The second kappa shape index (κ2) is 31.0. The third kappa shape index (κ3) is 18.1. The predicted molar refractivity (Wildman–Crippen MR) is 279 cm³/mol. The number of aliphatic hydroxyl groups excluding tert-OH is 2. The van der Waals surface area contributed by atoms with Gasteiger partial charge in [-0.1, -0.05) is 90.3 Å². The van der Waals surface area contributed by atoms with E-state index in [1.54, 1.807) is 41.1 Å². The molecular weight excluding hydrogens is 935 g/mol. The molecule has 3 N–H and O–H groups in total. The van der Waals surface area contributed by atoms with Crippen molar-refractivity contribution in [3.8, 4) is 0 Å². The lowest BCUT2D eigenvalue weighted by Crippen LogP contribution is -2.61. The molecule has 4 aliphatic rings. The van der Waals surface area contributed by atoms with Crippen LogP contribution in [0.3, 0.4) is 0 Å². The van der Waals surface area contributed by atoms with Gasteiger partial charge in [-0.05, 0) is 120 Å². The van der Waals surface area contributed by atoms with E-state index in [4.69, 9.17) is 33.5 Å². The highest BCUT2D eigenvalue weighted by atomic mass is 16.6. The SMILES string of the molecule is CO[C@H]1C[C@@H]2CC[C@@H](C)[C@@](O)(O2)C(=O)C(=O)N2CCCC[C@H]2C(=O)O[C@H]([C@H](C)C[C@@H]2CC[C@@H](OCCCCCCCO)[C@H](OC)C2)CC(=O)[C@H](C)/C=C(\C)[C@@H](O)[C@@H](OC)C(=O)[C@H](C)C[C@H](C)/C=C/C=C/C=C/1C. The predicted octanol–water partition coefficient (Wildman–Crippen LogP) is 8.15. The van der Waals surface area contributed by atoms with Gasteiger partial charge in [0.1, 0.15) is 30.1 Å². The highest BCUT2D eigenvalue weighted by Crippen LogP contribution is 2.38. The summed E-state index contributed by atoms with van der Waals surface area (Å²) in [6.07, 6.45) is 17.4. The van der Waals surface area contributed by atoms with Gasteiger partial charge >= 0.3 is 5.97 Å². The number of nitrogens with zero attached hydrogens (tertiary/aromatic N) is 1. The van der Waals surface area contributed by atoms with Crippen LogP contribution in [0.25, 0.3) is 0 Å². The number of methoxy groups -OCH3 is 3. The van der Waals surface area contributed by atoms with Gasteiger partial charge in [-0.3, -0.25) is 19.2 Å². The van der Waals surface area contributed by atoms with Crippen molar-refractivity contribution in [2.75, 3.05) is 41.1 Å². The van der Waals surface area contributed by atoms with Crippen LogP contribution in [-0.4, -0.2) is 145 Å². The van der Waals surface area contributed by atoms with Gasteiger partial charge in [-0.2, -0.15) is 0 Å². The highest BCUT2D eigenvalue weighted by Gasteiger charge is 2.53. The number of rotatable bonds is 14. The number of fused-ring (bicyclic) bond motifs is 3. The first kappa shape index (κ1) is 62.1. The molecule has 15 nitrogen and oxygen atoms in total. The molecule has 15 atom stereocenters. The number of ketones is 3. The van der Waals surface area contributed by atoms with Gasteiger partial charge in [-0.25, -0.2) is 4.79 Å². The first-order valence-electron chi connectivity index (χ1n) is 27.5. The molecule has 3 aliphatic heterocycles. The number of esters is 1. The van der Waals surface area contributed by atoms with E-state index >= 15 is 0 Å². The van der Waals surface area contributed by atoms with Crippen LogP contribution in [0.2, 0.25) is 0 Å². The largest absolute Gasteiger partial charge is 0.460 e. The number of ether oxygens (including phenoxy) is 6. The number of Topliss-reactive ketones (excluding diaryl/α,β-unsaturated/α-hetero) is 3. The molecule has 0 spiro atoms. The summed E-state index contributed by atoms with van der Waals surface area (Å²) in [5.41, 5.74) is 1.28. The fourth-order valence-corrected chi connectivity index (χ4v) is 11.3. The molecule has 0 radical (unpaired) electrons. The van der Waals surface area contributed by atoms with Gasteiger partial charge in [0.05, 0.1) is 24.4 Å². The zero-order valence-corrected chi connectivity index (χ0v) is 46.0. The Kier molecular flexibility index (Phi) is 26.4. The molecule has 3 heterocycles. The molecule has 0 aromatic heterocycles. The fourth-order valence-electron chi connectivity index (χ4n) is 11.3. The minimum Gasteiger partial charge on any atom is -0.460 e. The van der Waals surface area contributed by atoms with Crippen LogP contribution in [0.5, 0.6) is 0 Å². The van der Waals surface area contributed by atoms with Crippen molar-refractivity contribution in [1.82, 2.24) is 4.90 Å². The van der Waals surface area contributed by atoms with Gasteiger partial charge in [0.25, 0.3) is 11.7 Å². The van der Waals surface area contributed by atoms with Gasteiger partial charge in [-0.15, -0.1) is 0 Å². The molecule has 1 aliphatic carbocycles. The lowest BCUT2D eigenvalue weighted by Gasteiger charge is -2.42. The van der Waals surface area contributed by atoms with Crippen LogP contribution >= 0.6 is 0 Å². The van der Waals surface area contributed by atoms with Gasteiger partial charge in [0.15, 0.2) is 5.78 Å². The molecule has 0 aromatic carbocycles. The van der Waals surface area contributed by atoms with Crippen molar-refractivity contribution in [3.05, 3.63) is 47.6 Å². The second-order valence-corrected chi connectivity index (χ2v) is 21.9. The van der Waals surface area contributed by atoms with Crippen molar-refractivity contribution in [2.45, 2.75) is 212 Å². The summed E-state index contributed by atoms with van der Waals surface area (Å²) in [6.45, 7) is 13.7. The topological polar surface area (TPSA) is 205 Å². The number of aliphatic hydroxyl groups is 3. The monoisotopic (exact) mass is 1030 g/mol. The maximum atomic E-state index is 14.6. The lowest BCUT2D eigenvalue weighted by molar-refractivity contribution is -0.265. The Labute approximate surface area is 436 Å². The highest BCUT2D eigenvalue weighted by molar-refractivity contribution is 6.39. The summed E-state index contributed by atoms with van der Waals surface area (Å²) in [6, 6.07) is -1.14. The van der Waals surface area contributed by atoms with E-state index in [1.165, 1.54) is 12.0 Å². The van der Waals surface area contributed by atoms with Crippen molar-refractivity contribution in [3.63, 3.8) is 0 Å². The van der Waals surface area contributed by atoms with E-state index in [2.05, 4.69) is 0 Å². The number of piperidine rings is 1. The number of hydrogen-bond acceptors (Lipinski definition) is 14. The molecule has 2 saturated heterocycles. The fraction of sp³-hybridized carbons (Fsp3) is 0.776. The second-order valence-electron chi connectivity index (χ2n) is 21.9. The molecule has 3 fully saturated rings. The van der Waals surface area contributed by atoms with Crippen molar-refractivity contribution in [2.24, 2.45) is 35.5 Å². The third-order valence-electron chi connectivity index (χ3n) is 16.1. The number of carbonyl (C=O) groups excluding carboxylic acids is 5. The average Bonchev–Trinajstić information content (AvgIpc) is 3.37. The Morgan fingerprint density at radius 2 is 1.53 bits per heavy atom. The Morgan fingerprint density at radius 3 is 2.23 bits per heavy atom. The summed E-state index contributed by atoms with van der Waals surface area (Å²) in [5, 5.41) is 32.6. The first-order valence-corrected chi connectivity index (χ1v) is 27.5. The minimum absolute atomic E-state index is 0.0176. The van der Waals surface area contributed by atoms with Crippen molar-refractivity contribution >= 4 is 29.2 Å². The molecule has 0 unspecified atom stereocenters. The van der Waals surface area contributed by atoms with E-state index in [1.807, 2.05) is 58.1 Å². The van der Waals surface area contributed by atoms with Crippen LogP contribution in [0.15, 0.2) is 47.6 Å². The average molecular weight is 1030 g/mol. The maximum Gasteiger partial charge on any atom is 0.329 e. The molecular formula is C58H93NO14. The molecule has 414 valence electrons. The normalized spacial score (nSPS) is 37.3. The number of cyclic esters (lactones) is 1. The Bertz CT molecular complexity index is 1900. The molecule has 1 saturated carbocycles. The zero-order chi connectivity index (χ0) is 53.8. The quantitative estimate of drug-likeness (QED) is 0.0651. The number of allylic oxidation sites excluding steroid dienone is 6. The van der Waals surface area contributed by atoms with Crippen LogP contribution < -0.4 is 0 Å². The van der Waals surface area contributed by atoms with Gasteiger partial charge in [0.2, 0.25) is 5.79 Å².